The van der Waals surface area contributed by atoms with Gasteiger partial charge >= 0.3 is 0 Å². The van der Waals surface area contributed by atoms with Crippen molar-refractivity contribution in [2.75, 3.05) is 30.3 Å². The molecule has 1 atom stereocenters. The van der Waals surface area contributed by atoms with Crippen LogP contribution in [0.1, 0.15) is 39.0 Å². The minimum atomic E-state index is -0.420. The third-order valence-corrected chi connectivity index (χ3v) is 3.31. The Morgan fingerprint density at radius 2 is 2.25 bits per heavy atom. The lowest BCUT2D eigenvalue weighted by molar-refractivity contribution is 0.0134. The molecule has 2 N–H and O–H groups in total. The molecule has 1 fully saturated rings. The van der Waals surface area contributed by atoms with Crippen LogP contribution < -0.4 is 10.6 Å². The van der Waals surface area contributed by atoms with Crippen LogP contribution in [0.5, 0.6) is 0 Å². The molecule has 0 spiro atoms. The molecule has 6 heteroatoms. The van der Waals surface area contributed by atoms with E-state index in [2.05, 4.69) is 27.5 Å². The highest BCUT2D eigenvalue weighted by Crippen LogP contribution is 2.16. The quantitative estimate of drug-likeness (QED) is 0.805. The summed E-state index contributed by atoms with van der Waals surface area (Å²) in [5, 5.41) is 6.08. The number of halogens is 1. The number of anilines is 2. The van der Waals surface area contributed by atoms with Gasteiger partial charge in [-0.1, -0.05) is 6.92 Å². The van der Waals surface area contributed by atoms with Gasteiger partial charge in [0, 0.05) is 19.7 Å². The maximum Gasteiger partial charge on any atom is 0.224 e. The molecule has 5 nitrogen and oxygen atoms in total. The molecule has 1 aliphatic rings. The van der Waals surface area contributed by atoms with E-state index >= 15 is 0 Å². The van der Waals surface area contributed by atoms with E-state index in [0.717, 1.165) is 38.8 Å². The van der Waals surface area contributed by atoms with Crippen LogP contribution in [-0.2, 0) is 4.74 Å². The predicted molar refractivity (Wildman–Crippen MR) is 77.5 cm³/mol. The molecule has 0 saturated carbocycles. The van der Waals surface area contributed by atoms with Crippen LogP contribution in [0, 0.1) is 5.82 Å². The summed E-state index contributed by atoms with van der Waals surface area (Å²) in [4.78, 5) is 8.06. The van der Waals surface area contributed by atoms with Crippen LogP contribution in [0.2, 0.25) is 0 Å². The van der Waals surface area contributed by atoms with Gasteiger partial charge in [-0.2, -0.15) is 4.98 Å². The summed E-state index contributed by atoms with van der Waals surface area (Å²) >= 11 is 0. The Morgan fingerprint density at radius 3 is 3.00 bits per heavy atom. The number of rotatable bonds is 7. The molecule has 1 unspecified atom stereocenters. The third kappa shape index (κ3) is 4.59. The van der Waals surface area contributed by atoms with Crippen molar-refractivity contribution in [3.8, 4) is 0 Å². The van der Waals surface area contributed by atoms with E-state index in [-0.39, 0.29) is 5.82 Å². The van der Waals surface area contributed by atoms with Gasteiger partial charge in [0.15, 0.2) is 11.6 Å². The summed E-state index contributed by atoms with van der Waals surface area (Å²) in [6.45, 7) is 4.34. The number of nitrogens with one attached hydrogen (secondary N) is 2. The van der Waals surface area contributed by atoms with E-state index < -0.39 is 5.82 Å². The number of ether oxygens (including phenoxy) is 1. The zero-order valence-electron chi connectivity index (χ0n) is 12.0. The second kappa shape index (κ2) is 7.99. The Morgan fingerprint density at radius 1 is 1.35 bits per heavy atom. The summed E-state index contributed by atoms with van der Waals surface area (Å²) in [5.74, 6) is 0.302. The Bertz CT molecular complexity index is 410. The summed E-state index contributed by atoms with van der Waals surface area (Å²) in [6, 6.07) is 0. The molecule has 1 aromatic heterocycles. The first-order chi connectivity index (χ1) is 9.79. The molecule has 2 rings (SSSR count). The van der Waals surface area contributed by atoms with Gasteiger partial charge in [0.1, 0.15) is 0 Å². The molecule has 0 aliphatic carbocycles. The summed E-state index contributed by atoms with van der Waals surface area (Å²) < 4.78 is 19.3. The van der Waals surface area contributed by atoms with Gasteiger partial charge in [-0.25, -0.2) is 9.37 Å². The van der Waals surface area contributed by atoms with Crippen LogP contribution in [0.3, 0.4) is 0 Å². The number of nitrogens with zero attached hydrogens (tertiary/aromatic N) is 2. The second-order valence-corrected chi connectivity index (χ2v) is 5.02. The van der Waals surface area contributed by atoms with Crippen molar-refractivity contribution < 1.29 is 9.13 Å². The normalized spacial score (nSPS) is 18.8. The van der Waals surface area contributed by atoms with Gasteiger partial charge in [0.2, 0.25) is 5.95 Å². The molecule has 0 radical (unpaired) electrons. The standard InChI is InChI=1S/C14H23FN4O/c1-2-7-17-14-18-10-12(15)13(19-14)16-8-6-11-5-3-4-9-20-11/h10-11H,2-9H2,1H3,(H2,16,17,18,19). The average molecular weight is 282 g/mol. The first-order valence-electron chi connectivity index (χ1n) is 7.41. The lowest BCUT2D eigenvalue weighted by atomic mass is 10.1. The zero-order valence-corrected chi connectivity index (χ0v) is 12.0. The van der Waals surface area contributed by atoms with E-state index in [0.29, 0.717) is 18.6 Å². The first-order valence-corrected chi connectivity index (χ1v) is 7.41. The minimum absolute atomic E-state index is 0.259. The topological polar surface area (TPSA) is 59.1 Å². The summed E-state index contributed by atoms with van der Waals surface area (Å²) in [5.41, 5.74) is 0. The minimum Gasteiger partial charge on any atom is -0.378 e. The maximum atomic E-state index is 13.6. The van der Waals surface area contributed by atoms with Crippen molar-refractivity contribution in [2.45, 2.75) is 45.1 Å². The van der Waals surface area contributed by atoms with Gasteiger partial charge in [-0.05, 0) is 32.1 Å². The smallest absolute Gasteiger partial charge is 0.224 e. The molecule has 1 saturated heterocycles. The largest absolute Gasteiger partial charge is 0.378 e. The molecule has 0 bridgehead atoms. The summed E-state index contributed by atoms with van der Waals surface area (Å²) in [7, 11) is 0. The molecule has 20 heavy (non-hydrogen) atoms. The van der Waals surface area contributed by atoms with Crippen molar-refractivity contribution in [1.82, 2.24) is 9.97 Å². The van der Waals surface area contributed by atoms with Crippen molar-refractivity contribution in [3.63, 3.8) is 0 Å². The van der Waals surface area contributed by atoms with Crippen LogP contribution in [-0.4, -0.2) is 35.8 Å². The van der Waals surface area contributed by atoms with Crippen molar-refractivity contribution in [3.05, 3.63) is 12.0 Å². The Hall–Kier alpha value is -1.43. The monoisotopic (exact) mass is 282 g/mol. The molecule has 1 aliphatic heterocycles. The van der Waals surface area contributed by atoms with Crippen molar-refractivity contribution >= 4 is 11.8 Å². The van der Waals surface area contributed by atoms with Gasteiger partial charge in [0.05, 0.1) is 12.3 Å². The molecule has 0 amide bonds. The molecule has 1 aromatic rings. The van der Waals surface area contributed by atoms with E-state index in [4.69, 9.17) is 4.74 Å². The second-order valence-electron chi connectivity index (χ2n) is 5.02. The van der Waals surface area contributed by atoms with Gasteiger partial charge < -0.3 is 15.4 Å². The molecular formula is C14H23FN4O. The number of hydrogen-bond acceptors (Lipinski definition) is 5. The van der Waals surface area contributed by atoms with Crippen molar-refractivity contribution in [2.24, 2.45) is 0 Å². The Balaban J connectivity index is 1.81. The average Bonchev–Trinajstić information content (AvgIpc) is 2.49. The SMILES string of the molecule is CCCNc1ncc(F)c(NCCC2CCCCO2)n1. The molecular weight excluding hydrogens is 259 g/mol. The lowest BCUT2D eigenvalue weighted by Crippen LogP contribution is -2.22. The zero-order chi connectivity index (χ0) is 14.2. The fourth-order valence-electron chi connectivity index (χ4n) is 2.20. The predicted octanol–water partition coefficient (Wildman–Crippen LogP) is 2.81. The highest BCUT2D eigenvalue weighted by atomic mass is 19.1. The fourth-order valence-corrected chi connectivity index (χ4v) is 2.20. The van der Waals surface area contributed by atoms with Gasteiger partial charge in [-0.15, -0.1) is 0 Å². The highest BCUT2D eigenvalue weighted by Gasteiger charge is 2.14. The van der Waals surface area contributed by atoms with Crippen LogP contribution in [0.25, 0.3) is 0 Å². The van der Waals surface area contributed by atoms with E-state index in [1.165, 1.54) is 12.6 Å². The number of aromatic nitrogens is 2. The van der Waals surface area contributed by atoms with Crippen LogP contribution in [0.4, 0.5) is 16.2 Å². The lowest BCUT2D eigenvalue weighted by Gasteiger charge is -2.22. The van der Waals surface area contributed by atoms with E-state index in [1.807, 2.05) is 0 Å². The Labute approximate surface area is 119 Å². The molecule has 2 heterocycles. The van der Waals surface area contributed by atoms with Crippen LogP contribution >= 0.6 is 0 Å². The van der Waals surface area contributed by atoms with Gasteiger partial charge in [0.25, 0.3) is 0 Å². The highest BCUT2D eigenvalue weighted by molar-refractivity contribution is 5.40. The number of hydrogen-bond donors (Lipinski definition) is 2. The van der Waals surface area contributed by atoms with Crippen molar-refractivity contribution in [1.29, 1.82) is 0 Å². The molecule has 112 valence electrons. The van der Waals surface area contributed by atoms with Gasteiger partial charge in [-0.3, -0.25) is 0 Å². The van der Waals surface area contributed by atoms with Crippen LogP contribution in [0.15, 0.2) is 6.20 Å². The fraction of sp³-hybridized carbons (Fsp3) is 0.714. The third-order valence-electron chi connectivity index (χ3n) is 3.31. The summed E-state index contributed by atoms with van der Waals surface area (Å²) in [6.07, 6.45) is 6.80. The van der Waals surface area contributed by atoms with E-state index in [9.17, 15) is 4.39 Å². The Kier molecular flexibility index (Phi) is 5.98. The molecule has 0 aromatic carbocycles. The van der Waals surface area contributed by atoms with E-state index in [1.54, 1.807) is 0 Å². The maximum absolute atomic E-state index is 13.6. The first kappa shape index (κ1) is 15.0.